The maximum atomic E-state index is 13.3. The van der Waals surface area contributed by atoms with E-state index in [1.807, 2.05) is 0 Å². The minimum atomic E-state index is -4.39. The van der Waals surface area contributed by atoms with Crippen molar-refractivity contribution in [2.75, 3.05) is 13.1 Å². The lowest BCUT2D eigenvalue weighted by Crippen LogP contribution is -2.77. The molecule has 0 atom stereocenters. The summed E-state index contributed by atoms with van der Waals surface area (Å²) in [5, 5.41) is 0.481. The third kappa shape index (κ3) is 4.12. The van der Waals surface area contributed by atoms with Gasteiger partial charge in [0.05, 0.1) is 15.7 Å². The van der Waals surface area contributed by atoms with Crippen molar-refractivity contribution < 1.29 is 31.1 Å². The van der Waals surface area contributed by atoms with Gasteiger partial charge in [0.1, 0.15) is 5.60 Å². The molecule has 1 amide bonds. The molecule has 0 radical (unpaired) electrons. The molecule has 11 heteroatoms. The molecule has 1 aromatic carbocycles. The van der Waals surface area contributed by atoms with Crippen LogP contribution in [-0.2, 0) is 20.3 Å². The molecule has 0 aromatic heterocycles. The number of rotatable bonds is 4. The fourth-order valence-electron chi connectivity index (χ4n) is 5.26. The average molecular weight is 509 g/mol. The van der Waals surface area contributed by atoms with Crippen molar-refractivity contribution in [2.45, 2.75) is 74.9 Å². The Morgan fingerprint density at radius 2 is 1.58 bits per heavy atom. The summed E-state index contributed by atoms with van der Waals surface area (Å²) >= 11 is 6.01. The van der Waals surface area contributed by atoms with Crippen molar-refractivity contribution in [1.82, 2.24) is 9.62 Å². The SMILES string of the molecule is CC(C)(C)OC(=O)N1CCC(NS(=O)(=O)C23CC(C(F)(F)F)(C2)C3)(c2ccc(Cl)cc2)CC1. The zero-order chi connectivity index (χ0) is 24.5. The monoisotopic (exact) mass is 508 g/mol. The fourth-order valence-corrected chi connectivity index (χ4v) is 7.84. The van der Waals surface area contributed by atoms with Crippen LogP contribution in [0.25, 0.3) is 0 Å². The topological polar surface area (TPSA) is 75.7 Å². The molecule has 2 bridgehead atoms. The first-order chi connectivity index (χ1) is 15.0. The second kappa shape index (κ2) is 7.49. The van der Waals surface area contributed by atoms with E-state index in [0.717, 1.165) is 0 Å². The van der Waals surface area contributed by atoms with Gasteiger partial charge in [0, 0.05) is 18.1 Å². The van der Waals surface area contributed by atoms with E-state index < -0.39 is 62.9 Å². The standard InChI is InChI=1S/C22H28ClF3N2O4S/c1-18(2,3)32-17(29)28-10-8-21(9-11-28,15-4-6-16(23)7-5-15)27-33(30,31)20-12-19(13-20,14-20)22(24,25)26/h4-7,27H,8-14H2,1-3H3. The largest absolute Gasteiger partial charge is 0.444 e. The summed E-state index contributed by atoms with van der Waals surface area (Å²) in [6, 6.07) is 6.72. The van der Waals surface area contributed by atoms with Crippen LogP contribution in [0.15, 0.2) is 24.3 Å². The number of hydrogen-bond donors (Lipinski definition) is 1. The number of likely N-dealkylation sites (tertiary alicyclic amines) is 1. The number of piperidine rings is 1. The van der Waals surface area contributed by atoms with Gasteiger partial charge in [-0.1, -0.05) is 23.7 Å². The number of nitrogens with zero attached hydrogens (tertiary/aromatic N) is 1. The number of halogens is 4. The van der Waals surface area contributed by atoms with Crippen molar-refractivity contribution >= 4 is 27.7 Å². The van der Waals surface area contributed by atoms with Crippen molar-refractivity contribution in [1.29, 1.82) is 0 Å². The van der Waals surface area contributed by atoms with E-state index in [4.69, 9.17) is 16.3 Å². The quantitative estimate of drug-likeness (QED) is 0.623. The Morgan fingerprint density at radius 1 is 1.06 bits per heavy atom. The molecule has 1 aromatic rings. The number of ether oxygens (including phenoxy) is 1. The molecule has 5 rings (SSSR count). The second-order valence-electron chi connectivity index (χ2n) is 10.7. The van der Waals surface area contributed by atoms with Gasteiger partial charge < -0.3 is 9.64 Å². The number of amides is 1. The fraction of sp³-hybridized carbons (Fsp3) is 0.682. The van der Waals surface area contributed by atoms with E-state index >= 15 is 0 Å². The normalized spacial score (nSPS) is 29.1. The van der Waals surface area contributed by atoms with Crippen molar-refractivity contribution in [3.63, 3.8) is 0 Å². The molecule has 0 unspecified atom stereocenters. The maximum Gasteiger partial charge on any atom is 0.410 e. The number of sulfonamides is 1. The molecule has 4 aliphatic rings. The van der Waals surface area contributed by atoms with E-state index in [1.165, 1.54) is 4.90 Å². The van der Waals surface area contributed by atoms with Gasteiger partial charge in [0.15, 0.2) is 0 Å². The molecule has 1 N–H and O–H groups in total. The Kier molecular flexibility index (Phi) is 5.58. The Morgan fingerprint density at radius 3 is 2.03 bits per heavy atom. The number of benzene rings is 1. The molecular formula is C22H28ClF3N2O4S. The van der Waals surface area contributed by atoms with Gasteiger partial charge in [-0.05, 0) is 70.6 Å². The number of nitrogens with one attached hydrogen (secondary N) is 1. The number of hydrogen-bond acceptors (Lipinski definition) is 4. The van der Waals surface area contributed by atoms with Gasteiger partial charge in [-0.25, -0.2) is 17.9 Å². The van der Waals surface area contributed by atoms with Crippen LogP contribution in [-0.4, -0.2) is 49.0 Å². The maximum absolute atomic E-state index is 13.3. The van der Waals surface area contributed by atoms with E-state index in [9.17, 15) is 26.4 Å². The van der Waals surface area contributed by atoms with Gasteiger partial charge in [0.2, 0.25) is 10.0 Å². The molecular weight excluding hydrogens is 481 g/mol. The summed E-state index contributed by atoms with van der Waals surface area (Å²) in [7, 11) is -4.06. The van der Waals surface area contributed by atoms with Crippen molar-refractivity contribution in [3.8, 4) is 0 Å². The van der Waals surface area contributed by atoms with Crippen molar-refractivity contribution in [2.24, 2.45) is 5.41 Å². The summed E-state index contributed by atoms with van der Waals surface area (Å²) in [6.45, 7) is 5.76. The van der Waals surface area contributed by atoms with E-state index in [-0.39, 0.29) is 25.9 Å². The summed E-state index contributed by atoms with van der Waals surface area (Å²) in [4.78, 5) is 14.0. The molecule has 6 nitrogen and oxygen atoms in total. The summed E-state index contributed by atoms with van der Waals surface area (Å²) in [5.41, 5.74) is -2.92. The first kappa shape index (κ1) is 24.6. The van der Waals surface area contributed by atoms with Gasteiger partial charge in [-0.3, -0.25) is 0 Å². The first-order valence-corrected chi connectivity index (χ1v) is 12.7. The Balaban J connectivity index is 1.55. The molecule has 33 heavy (non-hydrogen) atoms. The third-order valence-corrected chi connectivity index (χ3v) is 9.63. The zero-order valence-corrected chi connectivity index (χ0v) is 20.3. The summed E-state index contributed by atoms with van der Waals surface area (Å²) < 4.78 is 73.3. The van der Waals surface area contributed by atoms with E-state index in [2.05, 4.69) is 4.72 Å². The van der Waals surface area contributed by atoms with E-state index in [0.29, 0.717) is 10.6 Å². The average Bonchev–Trinajstić information content (AvgIpc) is 2.56. The Hall–Kier alpha value is -1.52. The van der Waals surface area contributed by atoms with Crippen LogP contribution < -0.4 is 4.72 Å². The third-order valence-electron chi connectivity index (χ3n) is 7.15. The molecule has 3 saturated carbocycles. The lowest BCUT2D eigenvalue weighted by Gasteiger charge is -2.69. The second-order valence-corrected chi connectivity index (χ2v) is 13.2. The smallest absolute Gasteiger partial charge is 0.410 e. The van der Waals surface area contributed by atoms with Gasteiger partial charge >= 0.3 is 12.3 Å². The van der Waals surface area contributed by atoms with Gasteiger partial charge in [-0.2, -0.15) is 13.2 Å². The molecule has 184 valence electrons. The van der Waals surface area contributed by atoms with Crippen LogP contribution in [0.2, 0.25) is 5.02 Å². The van der Waals surface area contributed by atoms with Crippen LogP contribution in [0.5, 0.6) is 0 Å². The van der Waals surface area contributed by atoms with Crippen LogP contribution in [0.1, 0.15) is 58.4 Å². The highest BCUT2D eigenvalue weighted by Crippen LogP contribution is 2.76. The van der Waals surface area contributed by atoms with Gasteiger partial charge in [-0.15, -0.1) is 0 Å². The summed E-state index contributed by atoms with van der Waals surface area (Å²) in [6.07, 6.45) is -5.57. The molecule has 3 aliphatic carbocycles. The lowest BCUT2D eigenvalue weighted by molar-refractivity contribution is -0.314. The lowest BCUT2D eigenvalue weighted by atomic mass is 9.43. The summed E-state index contributed by atoms with van der Waals surface area (Å²) in [5.74, 6) is 0. The molecule has 1 aliphatic heterocycles. The minimum Gasteiger partial charge on any atom is -0.444 e. The molecule has 4 fully saturated rings. The number of carbonyl (C=O) groups excluding carboxylic acids is 1. The van der Waals surface area contributed by atoms with Crippen LogP contribution in [0.4, 0.5) is 18.0 Å². The highest BCUT2D eigenvalue weighted by atomic mass is 35.5. The molecule has 1 heterocycles. The zero-order valence-electron chi connectivity index (χ0n) is 18.8. The predicted octanol–water partition coefficient (Wildman–Crippen LogP) is 4.97. The molecule has 1 saturated heterocycles. The Bertz CT molecular complexity index is 1020. The van der Waals surface area contributed by atoms with E-state index in [1.54, 1.807) is 45.0 Å². The van der Waals surface area contributed by atoms with Gasteiger partial charge in [0.25, 0.3) is 0 Å². The van der Waals surface area contributed by atoms with Crippen LogP contribution in [0, 0.1) is 5.41 Å². The number of carbonyl (C=O) groups is 1. The Labute approximate surface area is 196 Å². The first-order valence-electron chi connectivity index (χ1n) is 10.9. The highest BCUT2D eigenvalue weighted by Gasteiger charge is 2.83. The van der Waals surface area contributed by atoms with Crippen molar-refractivity contribution in [3.05, 3.63) is 34.9 Å². The highest BCUT2D eigenvalue weighted by molar-refractivity contribution is 7.91. The molecule has 0 spiro atoms. The minimum absolute atomic E-state index is 0.236. The van der Waals surface area contributed by atoms with Crippen LogP contribution >= 0.6 is 11.6 Å². The number of alkyl halides is 3. The van der Waals surface area contributed by atoms with Crippen LogP contribution in [0.3, 0.4) is 0 Å². The predicted molar refractivity (Wildman–Crippen MR) is 117 cm³/mol.